The Morgan fingerprint density at radius 1 is 1.57 bits per heavy atom. The molecule has 0 saturated carbocycles. The van der Waals surface area contributed by atoms with Gasteiger partial charge in [0.05, 0.1) is 12.6 Å². The zero-order valence-electron chi connectivity index (χ0n) is 9.08. The third-order valence-electron chi connectivity index (χ3n) is 2.41. The van der Waals surface area contributed by atoms with Gasteiger partial charge in [-0.1, -0.05) is 6.92 Å². The van der Waals surface area contributed by atoms with Crippen molar-refractivity contribution in [2.24, 2.45) is 0 Å². The average Bonchev–Trinajstić information content (AvgIpc) is 2.49. The molecule has 0 aliphatic carbocycles. The van der Waals surface area contributed by atoms with Gasteiger partial charge < -0.3 is 15.0 Å². The molecule has 82 valence electrons. The van der Waals surface area contributed by atoms with E-state index in [1.54, 1.807) is 4.90 Å². The van der Waals surface area contributed by atoms with Crippen LogP contribution in [0.5, 0.6) is 0 Å². The van der Waals surface area contributed by atoms with Gasteiger partial charge >= 0.3 is 0 Å². The molecule has 1 N–H and O–H groups in total. The molecule has 0 radical (unpaired) electrons. The van der Waals surface area contributed by atoms with Gasteiger partial charge in [-0.3, -0.25) is 4.79 Å². The average molecular weight is 200 g/mol. The standard InChI is InChI=1S/C10H20N2O2/c1-3-7-14-8-5-11-9-4-6-12(2)10(9)13/h9,11H,3-8H2,1-2H3. The monoisotopic (exact) mass is 200 g/mol. The first kappa shape index (κ1) is 11.5. The highest BCUT2D eigenvalue weighted by Gasteiger charge is 2.27. The fraction of sp³-hybridized carbons (Fsp3) is 0.900. The lowest BCUT2D eigenvalue weighted by Crippen LogP contribution is -2.38. The third-order valence-corrected chi connectivity index (χ3v) is 2.41. The molecular formula is C10H20N2O2. The summed E-state index contributed by atoms with van der Waals surface area (Å²) in [5.74, 6) is 0.209. The summed E-state index contributed by atoms with van der Waals surface area (Å²) in [5, 5.41) is 3.20. The minimum absolute atomic E-state index is 0.0187. The highest BCUT2D eigenvalue weighted by molar-refractivity contribution is 5.83. The topological polar surface area (TPSA) is 41.6 Å². The maximum Gasteiger partial charge on any atom is 0.239 e. The van der Waals surface area contributed by atoms with E-state index < -0.39 is 0 Å². The number of carbonyl (C=O) groups is 1. The first-order valence-corrected chi connectivity index (χ1v) is 5.31. The molecule has 0 spiro atoms. The number of nitrogens with one attached hydrogen (secondary N) is 1. The Morgan fingerprint density at radius 2 is 2.36 bits per heavy atom. The fourth-order valence-corrected chi connectivity index (χ4v) is 1.56. The Labute approximate surface area is 85.6 Å². The Kier molecular flexibility index (Phi) is 4.90. The highest BCUT2D eigenvalue weighted by atomic mass is 16.5. The first-order chi connectivity index (χ1) is 6.75. The molecule has 4 heteroatoms. The molecule has 4 nitrogen and oxygen atoms in total. The largest absolute Gasteiger partial charge is 0.380 e. The zero-order valence-corrected chi connectivity index (χ0v) is 9.08. The molecular weight excluding hydrogens is 180 g/mol. The number of carbonyl (C=O) groups excluding carboxylic acids is 1. The molecule has 0 aromatic rings. The summed E-state index contributed by atoms with van der Waals surface area (Å²) in [6.07, 6.45) is 1.97. The van der Waals surface area contributed by atoms with Crippen LogP contribution in [0.2, 0.25) is 0 Å². The molecule has 1 aliphatic heterocycles. The van der Waals surface area contributed by atoms with E-state index >= 15 is 0 Å². The predicted octanol–water partition coefficient (Wildman–Crippen LogP) is 0.233. The van der Waals surface area contributed by atoms with Gasteiger partial charge in [-0.2, -0.15) is 0 Å². The van der Waals surface area contributed by atoms with E-state index in [-0.39, 0.29) is 11.9 Å². The van der Waals surface area contributed by atoms with Crippen LogP contribution in [0.3, 0.4) is 0 Å². The van der Waals surface area contributed by atoms with Crippen LogP contribution in [0.15, 0.2) is 0 Å². The van der Waals surface area contributed by atoms with Crippen LogP contribution in [0.25, 0.3) is 0 Å². The number of likely N-dealkylation sites (N-methyl/N-ethyl adjacent to an activating group) is 1. The van der Waals surface area contributed by atoms with E-state index in [4.69, 9.17) is 4.74 Å². The summed E-state index contributed by atoms with van der Waals surface area (Å²) in [4.78, 5) is 13.2. The quantitative estimate of drug-likeness (QED) is 0.624. The van der Waals surface area contributed by atoms with Crippen molar-refractivity contribution in [3.63, 3.8) is 0 Å². The van der Waals surface area contributed by atoms with Gasteiger partial charge in [-0.15, -0.1) is 0 Å². The van der Waals surface area contributed by atoms with Crippen molar-refractivity contribution in [2.45, 2.75) is 25.8 Å². The smallest absolute Gasteiger partial charge is 0.239 e. The molecule has 1 rings (SSSR count). The molecule has 0 aromatic heterocycles. The number of ether oxygens (including phenoxy) is 1. The van der Waals surface area contributed by atoms with Gasteiger partial charge in [0.2, 0.25) is 5.91 Å². The van der Waals surface area contributed by atoms with Crippen molar-refractivity contribution in [1.29, 1.82) is 0 Å². The molecule has 0 bridgehead atoms. The molecule has 1 heterocycles. The second kappa shape index (κ2) is 5.98. The Morgan fingerprint density at radius 3 is 2.93 bits per heavy atom. The van der Waals surface area contributed by atoms with Gasteiger partial charge in [-0.05, 0) is 12.8 Å². The summed E-state index contributed by atoms with van der Waals surface area (Å²) in [6.45, 7) is 5.22. The van der Waals surface area contributed by atoms with E-state index in [1.807, 2.05) is 7.05 Å². The molecule has 1 saturated heterocycles. The zero-order chi connectivity index (χ0) is 10.4. The van der Waals surface area contributed by atoms with Crippen molar-refractivity contribution in [3.05, 3.63) is 0 Å². The number of rotatable bonds is 6. The number of hydrogen-bond donors (Lipinski definition) is 1. The fourth-order valence-electron chi connectivity index (χ4n) is 1.56. The lowest BCUT2D eigenvalue weighted by Gasteiger charge is -2.11. The Balaban J connectivity index is 2.04. The third kappa shape index (κ3) is 3.27. The van der Waals surface area contributed by atoms with E-state index in [2.05, 4.69) is 12.2 Å². The lowest BCUT2D eigenvalue weighted by molar-refractivity contribution is -0.128. The SMILES string of the molecule is CCCOCCNC1CCN(C)C1=O. The van der Waals surface area contributed by atoms with Gasteiger partial charge in [0, 0.05) is 26.7 Å². The van der Waals surface area contributed by atoms with Crippen LogP contribution >= 0.6 is 0 Å². The maximum absolute atomic E-state index is 11.4. The summed E-state index contributed by atoms with van der Waals surface area (Å²) < 4.78 is 5.32. The molecule has 0 aromatic carbocycles. The first-order valence-electron chi connectivity index (χ1n) is 5.31. The lowest BCUT2D eigenvalue weighted by atomic mass is 10.2. The van der Waals surface area contributed by atoms with Crippen molar-refractivity contribution in [2.75, 3.05) is 33.4 Å². The predicted molar refractivity (Wildman–Crippen MR) is 55.2 cm³/mol. The van der Waals surface area contributed by atoms with Crippen LogP contribution in [-0.2, 0) is 9.53 Å². The molecule has 14 heavy (non-hydrogen) atoms. The molecule has 1 unspecified atom stereocenters. The van der Waals surface area contributed by atoms with Crippen molar-refractivity contribution < 1.29 is 9.53 Å². The number of amides is 1. The summed E-state index contributed by atoms with van der Waals surface area (Å²) in [6, 6.07) is 0.0187. The number of hydrogen-bond acceptors (Lipinski definition) is 3. The van der Waals surface area contributed by atoms with E-state index in [0.29, 0.717) is 6.61 Å². The minimum atomic E-state index is 0.0187. The van der Waals surface area contributed by atoms with E-state index in [1.165, 1.54) is 0 Å². The highest BCUT2D eigenvalue weighted by Crippen LogP contribution is 2.07. The van der Waals surface area contributed by atoms with Crippen LogP contribution in [0, 0.1) is 0 Å². The van der Waals surface area contributed by atoms with E-state index in [9.17, 15) is 4.79 Å². The van der Waals surface area contributed by atoms with E-state index in [0.717, 1.165) is 32.5 Å². The Bertz CT molecular complexity index is 185. The van der Waals surface area contributed by atoms with Crippen LogP contribution in [-0.4, -0.2) is 50.2 Å². The molecule has 1 aliphatic rings. The van der Waals surface area contributed by atoms with Crippen LogP contribution in [0.4, 0.5) is 0 Å². The Hall–Kier alpha value is -0.610. The summed E-state index contributed by atoms with van der Waals surface area (Å²) in [7, 11) is 1.84. The van der Waals surface area contributed by atoms with Gasteiger partial charge in [0.25, 0.3) is 0 Å². The van der Waals surface area contributed by atoms with Crippen LogP contribution in [0.1, 0.15) is 19.8 Å². The number of likely N-dealkylation sites (tertiary alicyclic amines) is 1. The van der Waals surface area contributed by atoms with Crippen LogP contribution < -0.4 is 5.32 Å². The van der Waals surface area contributed by atoms with Gasteiger partial charge in [0.15, 0.2) is 0 Å². The molecule has 1 amide bonds. The summed E-state index contributed by atoms with van der Waals surface area (Å²) in [5.41, 5.74) is 0. The van der Waals surface area contributed by atoms with Gasteiger partial charge in [0.1, 0.15) is 0 Å². The molecule has 1 fully saturated rings. The minimum Gasteiger partial charge on any atom is -0.380 e. The second-order valence-corrected chi connectivity index (χ2v) is 3.67. The van der Waals surface area contributed by atoms with Crippen molar-refractivity contribution >= 4 is 5.91 Å². The second-order valence-electron chi connectivity index (χ2n) is 3.67. The maximum atomic E-state index is 11.4. The molecule has 1 atom stereocenters. The normalized spacial score (nSPS) is 22.0. The number of nitrogens with zero attached hydrogens (tertiary/aromatic N) is 1. The summed E-state index contributed by atoms with van der Waals surface area (Å²) >= 11 is 0. The van der Waals surface area contributed by atoms with Crippen molar-refractivity contribution in [3.8, 4) is 0 Å². The van der Waals surface area contributed by atoms with Gasteiger partial charge in [-0.25, -0.2) is 0 Å². The van der Waals surface area contributed by atoms with Crippen molar-refractivity contribution in [1.82, 2.24) is 10.2 Å².